The fourth-order valence-corrected chi connectivity index (χ4v) is 3.66. The molecule has 1 fully saturated rings. The topological polar surface area (TPSA) is 99.2 Å². The molecule has 3 rings (SSSR count). The third kappa shape index (κ3) is 5.83. The summed E-state index contributed by atoms with van der Waals surface area (Å²) in [5, 5.41) is 0. The Morgan fingerprint density at radius 3 is 1.97 bits per heavy atom. The van der Waals surface area contributed by atoms with Crippen LogP contribution >= 0.6 is 0 Å². The van der Waals surface area contributed by atoms with Gasteiger partial charge in [-0.1, -0.05) is 36.4 Å². The number of rotatable bonds is 8. The van der Waals surface area contributed by atoms with E-state index in [4.69, 9.17) is 14.2 Å². The van der Waals surface area contributed by atoms with Crippen molar-refractivity contribution in [3.8, 4) is 0 Å². The summed E-state index contributed by atoms with van der Waals surface area (Å²) < 4.78 is 48.0. The smallest absolute Gasteiger partial charge is 0.338 e. The van der Waals surface area contributed by atoms with E-state index < -0.39 is 54.1 Å². The summed E-state index contributed by atoms with van der Waals surface area (Å²) in [6.45, 7) is 2.00. The molecule has 36 heavy (non-hydrogen) atoms. The number of ether oxygens (including phenoxy) is 3. The van der Waals surface area contributed by atoms with Crippen LogP contribution in [0.5, 0.6) is 0 Å². The van der Waals surface area contributed by atoms with E-state index in [0.717, 1.165) is 26.1 Å². The van der Waals surface area contributed by atoms with Crippen molar-refractivity contribution in [2.45, 2.75) is 44.6 Å². The quantitative estimate of drug-likeness (QED) is 0.401. The Labute approximate surface area is 206 Å². The van der Waals surface area contributed by atoms with E-state index in [-0.39, 0.29) is 11.1 Å². The van der Waals surface area contributed by atoms with Crippen LogP contribution in [0.1, 0.15) is 41.5 Å². The Balaban J connectivity index is 1.95. The van der Waals surface area contributed by atoms with E-state index in [0.29, 0.717) is 4.90 Å². The van der Waals surface area contributed by atoms with Crippen LogP contribution < -0.4 is 0 Å². The zero-order chi connectivity index (χ0) is 26.5. The molecule has 0 bridgehead atoms. The maximum Gasteiger partial charge on any atom is 0.338 e. The van der Waals surface area contributed by atoms with Crippen molar-refractivity contribution in [2.75, 3.05) is 6.61 Å². The summed E-state index contributed by atoms with van der Waals surface area (Å²) in [6.07, 6.45) is -2.29. The van der Waals surface area contributed by atoms with E-state index >= 15 is 8.78 Å². The second kappa shape index (κ2) is 10.8. The monoisotopic (exact) mass is 501 g/mol. The molecular formula is C26H25F2NO7. The van der Waals surface area contributed by atoms with E-state index in [1.54, 1.807) is 24.3 Å². The number of alkyl halides is 2. The molecule has 10 heteroatoms. The van der Waals surface area contributed by atoms with E-state index in [2.05, 4.69) is 0 Å². The molecule has 0 unspecified atom stereocenters. The van der Waals surface area contributed by atoms with Gasteiger partial charge in [-0.05, 0) is 44.2 Å². The molecule has 0 radical (unpaired) electrons. The maximum atomic E-state index is 16.3. The molecule has 2 aromatic rings. The lowest BCUT2D eigenvalue weighted by Gasteiger charge is -2.31. The van der Waals surface area contributed by atoms with Gasteiger partial charge in [0.25, 0.3) is 5.85 Å². The highest BCUT2D eigenvalue weighted by Crippen LogP contribution is 2.46. The average Bonchev–Trinajstić information content (AvgIpc) is 3.04. The first-order valence-electron chi connectivity index (χ1n) is 11.0. The van der Waals surface area contributed by atoms with Crippen LogP contribution in [0.2, 0.25) is 0 Å². The van der Waals surface area contributed by atoms with Gasteiger partial charge in [0.1, 0.15) is 0 Å². The summed E-state index contributed by atoms with van der Waals surface area (Å²) >= 11 is 0. The minimum absolute atomic E-state index is 0.0141. The summed E-state index contributed by atoms with van der Waals surface area (Å²) in [5.41, 5.74) is -2.71. The van der Waals surface area contributed by atoms with Gasteiger partial charge in [0, 0.05) is 13.1 Å². The highest BCUT2D eigenvalue weighted by atomic mass is 19.2. The molecule has 0 saturated carbocycles. The van der Waals surface area contributed by atoms with E-state index in [9.17, 15) is 19.2 Å². The second-order valence-corrected chi connectivity index (χ2v) is 8.35. The third-order valence-corrected chi connectivity index (χ3v) is 5.42. The van der Waals surface area contributed by atoms with Crippen LogP contribution in [0.15, 0.2) is 72.9 Å². The molecule has 1 heterocycles. The molecule has 0 spiro atoms. The lowest BCUT2D eigenvalue weighted by atomic mass is 9.96. The Bertz CT molecular complexity index is 1150. The first-order valence-corrected chi connectivity index (χ1v) is 11.0. The van der Waals surface area contributed by atoms with Crippen LogP contribution in [0.3, 0.4) is 0 Å². The highest BCUT2D eigenvalue weighted by Gasteiger charge is 2.68. The van der Waals surface area contributed by atoms with Crippen LogP contribution in [0, 0.1) is 0 Å². The van der Waals surface area contributed by atoms with Crippen molar-refractivity contribution >= 4 is 23.6 Å². The van der Waals surface area contributed by atoms with Gasteiger partial charge < -0.3 is 14.2 Å². The minimum Gasteiger partial charge on any atom is -0.456 e. The largest absolute Gasteiger partial charge is 0.456 e. The predicted molar refractivity (Wildman–Crippen MR) is 123 cm³/mol. The Morgan fingerprint density at radius 1 is 0.944 bits per heavy atom. The zero-order valence-corrected chi connectivity index (χ0v) is 19.9. The van der Waals surface area contributed by atoms with Crippen molar-refractivity contribution in [3.05, 3.63) is 84.1 Å². The number of benzene rings is 2. The second-order valence-electron chi connectivity index (χ2n) is 8.35. The molecule has 1 aliphatic rings. The number of amides is 1. The lowest BCUT2D eigenvalue weighted by molar-refractivity contribution is -0.212. The standard InChI is InChI=1S/C26H25F2NO7/c1-17(30)14-15-29(18(2)31)24-25(3,27)23(35-22(33)20-12-8-5-9-13-20)26(28,36-24)16-34-21(32)19-10-6-4-7-11-19/h4-15,23-24H,16H2,1-3H3/b15-14-/t23-,24+,25+,26+/m0/s1. The SMILES string of the molecule is CC(=O)/C=C\N(C(C)=O)[C@@H]1O[C@](F)(COC(=O)c2ccccc2)[C@@H](OC(=O)c2ccccc2)[C@@]1(C)F. The van der Waals surface area contributed by atoms with Gasteiger partial charge in [-0.15, -0.1) is 0 Å². The number of hydrogen-bond acceptors (Lipinski definition) is 7. The molecule has 1 aliphatic heterocycles. The number of carbonyl (C=O) groups excluding carboxylic acids is 4. The van der Waals surface area contributed by atoms with Crippen LogP contribution in [-0.4, -0.2) is 59.0 Å². The Kier molecular flexibility index (Phi) is 7.99. The minimum atomic E-state index is -3.18. The van der Waals surface area contributed by atoms with E-state index in [1.807, 2.05) is 0 Å². The van der Waals surface area contributed by atoms with E-state index in [1.165, 1.54) is 43.3 Å². The number of allylic oxidation sites excluding steroid dienone is 1. The number of halogens is 2. The van der Waals surface area contributed by atoms with Crippen molar-refractivity contribution in [2.24, 2.45) is 0 Å². The third-order valence-electron chi connectivity index (χ3n) is 5.42. The normalized spacial score (nSPS) is 25.4. The summed E-state index contributed by atoms with van der Waals surface area (Å²) in [7, 11) is 0. The summed E-state index contributed by atoms with van der Waals surface area (Å²) in [6, 6.07) is 15.1. The van der Waals surface area contributed by atoms with Crippen molar-refractivity contribution in [3.63, 3.8) is 0 Å². The molecule has 1 saturated heterocycles. The maximum absolute atomic E-state index is 16.3. The molecular weight excluding hydrogens is 476 g/mol. The van der Waals surface area contributed by atoms with Crippen molar-refractivity contribution in [1.82, 2.24) is 4.90 Å². The van der Waals surface area contributed by atoms with Gasteiger partial charge in [-0.25, -0.2) is 18.4 Å². The number of carbonyl (C=O) groups is 4. The highest BCUT2D eigenvalue weighted by molar-refractivity contribution is 5.90. The first-order chi connectivity index (χ1) is 17.0. The summed E-state index contributed by atoms with van der Waals surface area (Å²) in [4.78, 5) is 49.4. The lowest BCUT2D eigenvalue weighted by Crippen LogP contribution is -2.53. The number of nitrogens with zero attached hydrogens (tertiary/aromatic N) is 1. The van der Waals surface area contributed by atoms with Crippen LogP contribution in [0.25, 0.3) is 0 Å². The van der Waals surface area contributed by atoms with Crippen molar-refractivity contribution in [1.29, 1.82) is 0 Å². The van der Waals surface area contributed by atoms with Gasteiger partial charge in [0.2, 0.25) is 12.0 Å². The number of esters is 2. The Hall–Kier alpha value is -3.92. The van der Waals surface area contributed by atoms with Crippen LogP contribution in [0.4, 0.5) is 8.78 Å². The fourth-order valence-electron chi connectivity index (χ4n) is 3.66. The van der Waals surface area contributed by atoms with Gasteiger partial charge in [0.15, 0.2) is 24.3 Å². The number of hydrogen-bond donors (Lipinski definition) is 0. The van der Waals surface area contributed by atoms with Gasteiger partial charge in [-0.3, -0.25) is 14.5 Å². The fraction of sp³-hybridized carbons (Fsp3) is 0.308. The molecule has 190 valence electrons. The van der Waals surface area contributed by atoms with Gasteiger partial charge >= 0.3 is 11.9 Å². The van der Waals surface area contributed by atoms with Crippen molar-refractivity contribution < 1.29 is 42.2 Å². The summed E-state index contributed by atoms with van der Waals surface area (Å²) in [5.74, 6) is -6.40. The molecule has 2 aromatic carbocycles. The molecule has 0 aromatic heterocycles. The van der Waals surface area contributed by atoms with Gasteiger partial charge in [-0.2, -0.15) is 0 Å². The molecule has 4 atom stereocenters. The van der Waals surface area contributed by atoms with Gasteiger partial charge in [0.05, 0.1) is 11.1 Å². The molecule has 8 nitrogen and oxygen atoms in total. The average molecular weight is 501 g/mol. The van der Waals surface area contributed by atoms with Crippen LogP contribution in [-0.2, 0) is 23.8 Å². The Morgan fingerprint density at radius 2 is 1.47 bits per heavy atom. The molecule has 0 N–H and O–H groups in total. The zero-order valence-electron chi connectivity index (χ0n) is 19.9. The number of ketones is 1. The molecule has 0 aliphatic carbocycles. The molecule has 1 amide bonds. The predicted octanol–water partition coefficient (Wildman–Crippen LogP) is 3.77. The first kappa shape index (κ1) is 26.7.